The summed E-state index contributed by atoms with van der Waals surface area (Å²) in [6.07, 6.45) is 3.50. The smallest absolute Gasteiger partial charge is 0.178 e. The van der Waals surface area contributed by atoms with Crippen molar-refractivity contribution in [2.45, 2.75) is 57.9 Å². The molecule has 8 atom stereocenters. The van der Waals surface area contributed by atoms with Gasteiger partial charge < -0.3 is 10.2 Å². The third kappa shape index (κ3) is 1.91. The van der Waals surface area contributed by atoms with E-state index in [2.05, 4.69) is 0 Å². The molecule has 0 saturated heterocycles. The Labute approximate surface area is 163 Å². The van der Waals surface area contributed by atoms with Crippen LogP contribution in [0.2, 0.25) is 0 Å². The van der Waals surface area contributed by atoms with Crippen LogP contribution in [0.3, 0.4) is 0 Å². The standard InChI is InChI=1S/C22H26F2O4/c1-11-7-14-15-9-17(23)16-8-13(26)5-6-19(16,3)21(15,24)18(27)10-20(14,4)22(11,28)12(2)25/h5-6,8-9,11,14-15,18,27-28H,7,10H2,1-4H3/t11-,14+,15+,18+,19+,20+,21+,22+/m1/s1. The monoisotopic (exact) mass is 392 g/mol. The normalized spacial score (nSPS) is 52.4. The van der Waals surface area contributed by atoms with Gasteiger partial charge in [-0.3, -0.25) is 9.59 Å². The number of carbonyl (C=O) groups excluding carboxylic acids is 2. The number of aliphatic hydroxyl groups is 2. The van der Waals surface area contributed by atoms with Gasteiger partial charge in [-0.15, -0.1) is 0 Å². The summed E-state index contributed by atoms with van der Waals surface area (Å²) in [6.45, 7) is 6.25. The molecule has 4 aliphatic rings. The highest BCUT2D eigenvalue weighted by molar-refractivity contribution is 6.02. The van der Waals surface area contributed by atoms with Crippen molar-refractivity contribution >= 4 is 11.6 Å². The maximum atomic E-state index is 16.8. The van der Waals surface area contributed by atoms with Gasteiger partial charge in [0.2, 0.25) is 0 Å². The maximum Gasteiger partial charge on any atom is 0.178 e. The second kappa shape index (κ2) is 5.48. The molecule has 152 valence electrons. The van der Waals surface area contributed by atoms with E-state index >= 15 is 8.78 Å². The molecule has 4 aliphatic carbocycles. The van der Waals surface area contributed by atoms with Crippen molar-refractivity contribution in [1.29, 1.82) is 0 Å². The molecule has 2 fully saturated rings. The van der Waals surface area contributed by atoms with Gasteiger partial charge in [-0.05, 0) is 56.8 Å². The molecule has 0 radical (unpaired) electrons. The van der Waals surface area contributed by atoms with Gasteiger partial charge in [0.1, 0.15) is 11.4 Å². The highest BCUT2D eigenvalue weighted by atomic mass is 19.1. The van der Waals surface area contributed by atoms with Gasteiger partial charge in [0.15, 0.2) is 17.2 Å². The summed E-state index contributed by atoms with van der Waals surface area (Å²) in [7, 11) is 0. The number of Topliss-reactive ketones (excluding diaryl/α,β-unsaturated/α-hetero) is 1. The average Bonchev–Trinajstić information content (AvgIpc) is 2.81. The Hall–Kier alpha value is -1.66. The zero-order valence-electron chi connectivity index (χ0n) is 16.5. The predicted molar refractivity (Wildman–Crippen MR) is 98.5 cm³/mol. The first-order valence-corrected chi connectivity index (χ1v) is 9.77. The number of ketones is 2. The van der Waals surface area contributed by atoms with Gasteiger partial charge in [0.25, 0.3) is 0 Å². The molecule has 4 rings (SSSR count). The Balaban J connectivity index is 1.94. The second-order valence-corrected chi connectivity index (χ2v) is 9.51. The number of allylic oxidation sites excluding steroid dienone is 6. The van der Waals surface area contributed by atoms with Gasteiger partial charge in [-0.25, -0.2) is 8.78 Å². The average molecular weight is 392 g/mol. The lowest BCUT2D eigenvalue weighted by molar-refractivity contribution is -0.204. The second-order valence-electron chi connectivity index (χ2n) is 9.51. The van der Waals surface area contributed by atoms with Crippen LogP contribution < -0.4 is 0 Å². The molecule has 2 saturated carbocycles. The lowest BCUT2D eigenvalue weighted by atomic mass is 9.46. The first-order chi connectivity index (χ1) is 12.8. The van der Waals surface area contributed by atoms with Crippen LogP contribution in [-0.4, -0.2) is 39.2 Å². The van der Waals surface area contributed by atoms with E-state index < -0.39 is 63.4 Å². The minimum atomic E-state index is -2.25. The predicted octanol–water partition coefficient (Wildman–Crippen LogP) is 3.00. The third-order valence-electron chi connectivity index (χ3n) is 8.37. The van der Waals surface area contributed by atoms with Crippen LogP contribution in [0.25, 0.3) is 0 Å². The molecular formula is C22H26F2O4. The Morgan fingerprint density at radius 3 is 2.57 bits per heavy atom. The fraction of sp³-hybridized carbons (Fsp3) is 0.636. The summed E-state index contributed by atoms with van der Waals surface area (Å²) in [5, 5.41) is 22.4. The number of aliphatic hydroxyl groups excluding tert-OH is 1. The van der Waals surface area contributed by atoms with Crippen LogP contribution in [0.5, 0.6) is 0 Å². The zero-order chi connectivity index (χ0) is 20.9. The zero-order valence-corrected chi connectivity index (χ0v) is 16.5. The molecule has 0 aromatic heterocycles. The summed E-state index contributed by atoms with van der Waals surface area (Å²) in [6, 6.07) is 0. The molecule has 0 amide bonds. The van der Waals surface area contributed by atoms with E-state index in [9.17, 15) is 19.8 Å². The largest absolute Gasteiger partial charge is 0.390 e. The van der Waals surface area contributed by atoms with E-state index in [-0.39, 0.29) is 12.0 Å². The summed E-state index contributed by atoms with van der Waals surface area (Å²) in [4.78, 5) is 24.2. The first-order valence-electron chi connectivity index (χ1n) is 9.77. The molecule has 0 heterocycles. The number of halogens is 2. The van der Waals surface area contributed by atoms with Gasteiger partial charge >= 0.3 is 0 Å². The molecule has 0 spiro atoms. The van der Waals surface area contributed by atoms with Crippen molar-refractivity contribution < 1.29 is 28.6 Å². The van der Waals surface area contributed by atoms with Crippen LogP contribution >= 0.6 is 0 Å². The fourth-order valence-electron chi connectivity index (χ4n) is 6.83. The van der Waals surface area contributed by atoms with E-state index in [4.69, 9.17) is 0 Å². The molecule has 2 N–H and O–H groups in total. The number of rotatable bonds is 1. The number of hydrogen-bond donors (Lipinski definition) is 2. The first kappa shape index (κ1) is 19.6. The van der Waals surface area contributed by atoms with Gasteiger partial charge in [0, 0.05) is 16.9 Å². The summed E-state index contributed by atoms with van der Waals surface area (Å²) < 4.78 is 31.9. The SMILES string of the molecule is CC(=O)[C@@]1(O)[C@H](C)C[C@H]2[C@@H]3C=C(F)C4=CC(=O)C=C[C@]4(C)[C@@]3(F)[C@@H](O)C[C@@]21C. The maximum absolute atomic E-state index is 16.8. The van der Waals surface area contributed by atoms with Gasteiger partial charge in [-0.1, -0.05) is 19.9 Å². The third-order valence-corrected chi connectivity index (χ3v) is 8.37. The number of carbonyl (C=O) groups is 2. The Morgan fingerprint density at radius 1 is 1.32 bits per heavy atom. The van der Waals surface area contributed by atoms with Crippen molar-refractivity contribution in [2.24, 2.45) is 28.6 Å². The van der Waals surface area contributed by atoms with Crippen LogP contribution in [0, 0.1) is 28.6 Å². The van der Waals surface area contributed by atoms with E-state index in [0.717, 1.165) is 12.2 Å². The Bertz CT molecular complexity index is 876. The fourth-order valence-corrected chi connectivity index (χ4v) is 6.83. The Kier molecular flexibility index (Phi) is 3.85. The van der Waals surface area contributed by atoms with Crippen LogP contribution in [0.4, 0.5) is 8.78 Å². The number of alkyl halides is 1. The molecule has 6 heteroatoms. The van der Waals surface area contributed by atoms with Crippen LogP contribution in [0.15, 0.2) is 35.7 Å². The van der Waals surface area contributed by atoms with Crippen molar-refractivity contribution in [2.75, 3.05) is 0 Å². The minimum absolute atomic E-state index is 0.0609. The van der Waals surface area contributed by atoms with Crippen molar-refractivity contribution in [1.82, 2.24) is 0 Å². The van der Waals surface area contributed by atoms with E-state index in [1.54, 1.807) is 13.8 Å². The molecule has 0 unspecified atom stereocenters. The summed E-state index contributed by atoms with van der Waals surface area (Å²) >= 11 is 0. The highest BCUT2D eigenvalue weighted by Gasteiger charge is 2.75. The Morgan fingerprint density at radius 2 is 1.96 bits per heavy atom. The number of fused-ring (bicyclic) bond motifs is 5. The van der Waals surface area contributed by atoms with E-state index in [0.29, 0.717) is 6.42 Å². The van der Waals surface area contributed by atoms with Gasteiger partial charge in [-0.2, -0.15) is 0 Å². The summed E-state index contributed by atoms with van der Waals surface area (Å²) in [5.41, 5.74) is -6.61. The lowest BCUT2D eigenvalue weighted by Crippen LogP contribution is -2.68. The molecule has 28 heavy (non-hydrogen) atoms. The van der Waals surface area contributed by atoms with Crippen molar-refractivity contribution in [3.63, 3.8) is 0 Å². The van der Waals surface area contributed by atoms with Gasteiger partial charge in [0.05, 0.1) is 11.5 Å². The quantitative estimate of drug-likeness (QED) is 0.719. The highest BCUT2D eigenvalue weighted by Crippen LogP contribution is 2.70. The van der Waals surface area contributed by atoms with Crippen LogP contribution in [0.1, 0.15) is 40.5 Å². The molecule has 0 aromatic rings. The minimum Gasteiger partial charge on any atom is -0.390 e. The lowest BCUT2D eigenvalue weighted by Gasteiger charge is -2.61. The molecule has 0 bridgehead atoms. The topological polar surface area (TPSA) is 74.6 Å². The van der Waals surface area contributed by atoms with Crippen molar-refractivity contribution in [3.05, 3.63) is 35.7 Å². The molecular weight excluding hydrogens is 366 g/mol. The molecule has 4 nitrogen and oxygen atoms in total. The van der Waals surface area contributed by atoms with E-state index in [1.165, 1.54) is 26.0 Å². The summed E-state index contributed by atoms with van der Waals surface area (Å²) in [5.74, 6) is -3.52. The van der Waals surface area contributed by atoms with Crippen LogP contribution in [-0.2, 0) is 9.59 Å². The number of hydrogen-bond acceptors (Lipinski definition) is 4. The van der Waals surface area contributed by atoms with E-state index in [1.807, 2.05) is 0 Å². The molecule has 0 aliphatic heterocycles. The van der Waals surface area contributed by atoms with Crippen molar-refractivity contribution in [3.8, 4) is 0 Å². The molecule has 0 aromatic carbocycles.